The number of halogens is 1. The molecule has 1 aromatic rings. The van der Waals surface area contributed by atoms with Crippen molar-refractivity contribution in [2.45, 2.75) is 58.1 Å². The molecule has 2 N–H and O–H groups in total. The largest absolute Gasteiger partial charge is 0.444 e. The number of rotatable bonds is 4. The molecule has 2 bridgehead atoms. The minimum Gasteiger partial charge on any atom is -0.444 e. The molecule has 4 rings (SSSR count). The molecule has 6 heteroatoms. The summed E-state index contributed by atoms with van der Waals surface area (Å²) in [5, 5.41) is 5.87. The maximum atomic E-state index is 13.0. The molecule has 2 atom stereocenters. The predicted molar refractivity (Wildman–Crippen MR) is 97.1 cm³/mol. The lowest BCUT2D eigenvalue weighted by Gasteiger charge is -2.39. The second-order valence-corrected chi connectivity index (χ2v) is 8.73. The number of hydrogen-bond donors (Lipinski definition) is 2. The van der Waals surface area contributed by atoms with Crippen LogP contribution >= 0.6 is 0 Å². The van der Waals surface area contributed by atoms with Gasteiger partial charge in [0.25, 0.3) is 0 Å². The van der Waals surface area contributed by atoms with E-state index in [2.05, 4.69) is 10.6 Å². The number of amides is 2. The smallest absolute Gasteiger partial charge is 0.408 e. The molecule has 1 aromatic carbocycles. The summed E-state index contributed by atoms with van der Waals surface area (Å²) in [6.45, 7) is 7.44. The van der Waals surface area contributed by atoms with E-state index in [1.54, 1.807) is 12.1 Å². The Balaban J connectivity index is 1.55. The highest BCUT2D eigenvalue weighted by molar-refractivity contribution is 5.92. The van der Waals surface area contributed by atoms with Crippen molar-refractivity contribution in [3.05, 3.63) is 30.1 Å². The van der Waals surface area contributed by atoms with Crippen LogP contribution in [0.3, 0.4) is 0 Å². The van der Waals surface area contributed by atoms with Crippen LogP contribution in [0, 0.1) is 23.6 Å². The van der Waals surface area contributed by atoms with Crippen molar-refractivity contribution in [3.8, 4) is 0 Å². The van der Waals surface area contributed by atoms with Crippen LogP contribution in [0.4, 0.5) is 14.9 Å². The Bertz CT molecular complexity index is 690. The summed E-state index contributed by atoms with van der Waals surface area (Å²) >= 11 is 0. The van der Waals surface area contributed by atoms with Crippen molar-refractivity contribution in [1.82, 2.24) is 5.32 Å². The number of carbonyl (C=O) groups is 2. The van der Waals surface area contributed by atoms with Crippen LogP contribution in [0.25, 0.3) is 0 Å². The summed E-state index contributed by atoms with van der Waals surface area (Å²) in [7, 11) is 0. The molecule has 3 fully saturated rings. The van der Waals surface area contributed by atoms with Gasteiger partial charge in [-0.25, -0.2) is 9.18 Å². The third kappa shape index (κ3) is 4.00. The molecule has 0 saturated heterocycles. The van der Waals surface area contributed by atoms with Crippen LogP contribution in [0.5, 0.6) is 0 Å². The van der Waals surface area contributed by atoms with Gasteiger partial charge in [0.05, 0.1) is 0 Å². The lowest BCUT2D eigenvalue weighted by Crippen LogP contribution is -2.53. The summed E-state index contributed by atoms with van der Waals surface area (Å²) < 4.78 is 18.3. The number of alkyl carbamates (subject to hydrolysis) is 1. The number of fused-ring (bicyclic) bond motifs is 1. The quantitative estimate of drug-likeness (QED) is 0.848. The van der Waals surface area contributed by atoms with Crippen molar-refractivity contribution < 1.29 is 18.7 Å². The summed E-state index contributed by atoms with van der Waals surface area (Å²) in [5.41, 5.74) is -0.165. The van der Waals surface area contributed by atoms with Gasteiger partial charge >= 0.3 is 6.09 Å². The van der Waals surface area contributed by atoms with Crippen molar-refractivity contribution in [2.75, 3.05) is 5.32 Å². The van der Waals surface area contributed by atoms with Crippen LogP contribution in [0.15, 0.2) is 24.3 Å². The summed E-state index contributed by atoms with van der Waals surface area (Å²) in [6.07, 6.45) is 2.19. The molecule has 0 heterocycles. The van der Waals surface area contributed by atoms with Gasteiger partial charge in [0, 0.05) is 17.1 Å². The van der Waals surface area contributed by atoms with Gasteiger partial charge in [0.15, 0.2) is 0 Å². The van der Waals surface area contributed by atoms with E-state index in [1.165, 1.54) is 12.1 Å². The highest BCUT2D eigenvalue weighted by Gasteiger charge is 2.58. The maximum absolute atomic E-state index is 13.0. The Morgan fingerprint density at radius 2 is 1.81 bits per heavy atom. The van der Waals surface area contributed by atoms with Crippen molar-refractivity contribution in [1.29, 1.82) is 0 Å². The highest BCUT2D eigenvalue weighted by atomic mass is 19.1. The number of carbonyl (C=O) groups excluding carboxylic acids is 2. The topological polar surface area (TPSA) is 67.4 Å². The molecule has 5 nitrogen and oxygen atoms in total. The zero-order valence-electron chi connectivity index (χ0n) is 15.8. The third-order valence-electron chi connectivity index (χ3n) is 5.47. The Morgan fingerprint density at radius 3 is 2.38 bits per heavy atom. The highest BCUT2D eigenvalue weighted by Crippen LogP contribution is 2.57. The van der Waals surface area contributed by atoms with E-state index in [9.17, 15) is 14.0 Å². The van der Waals surface area contributed by atoms with Gasteiger partial charge in [-0.2, -0.15) is 0 Å². The van der Waals surface area contributed by atoms with Gasteiger partial charge in [-0.05, 0) is 76.1 Å². The van der Waals surface area contributed by atoms with E-state index in [1.807, 2.05) is 27.7 Å². The average Bonchev–Trinajstić information content (AvgIpc) is 3.01. The number of anilines is 1. The minimum absolute atomic E-state index is 0.0680. The second-order valence-electron chi connectivity index (χ2n) is 8.73. The molecule has 142 valence electrons. The van der Waals surface area contributed by atoms with Gasteiger partial charge < -0.3 is 15.4 Å². The standard InChI is InChI=1S/C20H27FN2O3/c1-12(17(24)22-15-7-5-14(21)6-8-15)16-11-20(9-13(16)10-20)23-18(25)26-19(2,3)4/h5-8,12-13,16H,9-11H2,1-4H3,(H,22,24)(H,23,25)/t12-,13?,16?,20?/m0/s1. The molecule has 26 heavy (non-hydrogen) atoms. The normalized spacial score (nSPS) is 28.0. The first-order chi connectivity index (χ1) is 12.1. The van der Waals surface area contributed by atoms with E-state index in [0.717, 1.165) is 19.3 Å². The first-order valence-corrected chi connectivity index (χ1v) is 9.14. The van der Waals surface area contributed by atoms with E-state index >= 15 is 0 Å². The lowest BCUT2D eigenvalue weighted by atomic mass is 9.75. The molecular weight excluding hydrogens is 335 g/mol. The van der Waals surface area contributed by atoms with Crippen LogP contribution in [-0.4, -0.2) is 23.1 Å². The number of ether oxygens (including phenoxy) is 1. The maximum Gasteiger partial charge on any atom is 0.408 e. The van der Waals surface area contributed by atoms with E-state index in [0.29, 0.717) is 11.6 Å². The molecule has 0 spiro atoms. The zero-order chi connectivity index (χ0) is 19.1. The van der Waals surface area contributed by atoms with Gasteiger partial charge in [-0.15, -0.1) is 0 Å². The molecule has 0 aliphatic heterocycles. The molecule has 3 saturated carbocycles. The molecule has 2 amide bonds. The summed E-state index contributed by atoms with van der Waals surface area (Å²) in [5.74, 6) is 0.101. The van der Waals surface area contributed by atoms with Gasteiger partial charge in [-0.3, -0.25) is 4.79 Å². The van der Waals surface area contributed by atoms with E-state index in [4.69, 9.17) is 4.74 Å². The molecule has 0 radical (unpaired) electrons. The summed E-state index contributed by atoms with van der Waals surface area (Å²) in [4.78, 5) is 24.6. The molecule has 0 aromatic heterocycles. The fraction of sp³-hybridized carbons (Fsp3) is 0.600. The van der Waals surface area contributed by atoms with E-state index < -0.39 is 5.60 Å². The Hall–Kier alpha value is -2.11. The molecular formula is C20H27FN2O3. The first kappa shape index (κ1) is 18.7. The average molecular weight is 362 g/mol. The van der Waals surface area contributed by atoms with Crippen LogP contribution in [0.2, 0.25) is 0 Å². The number of hydrogen-bond acceptors (Lipinski definition) is 3. The summed E-state index contributed by atoms with van der Waals surface area (Å²) in [6, 6.07) is 5.76. The SMILES string of the molecule is C[C@H](C(=O)Nc1ccc(F)cc1)C1CC2(NC(=O)OC(C)(C)C)CC1C2. The molecule has 1 unspecified atom stereocenters. The van der Waals surface area contributed by atoms with Gasteiger partial charge in [0.2, 0.25) is 5.91 Å². The van der Waals surface area contributed by atoms with Crippen LogP contribution in [-0.2, 0) is 9.53 Å². The van der Waals surface area contributed by atoms with Gasteiger partial charge in [-0.1, -0.05) is 6.92 Å². The second kappa shape index (κ2) is 6.56. The fourth-order valence-electron chi connectivity index (χ4n) is 4.27. The Kier molecular flexibility index (Phi) is 4.71. The number of nitrogens with one attached hydrogen (secondary N) is 2. The Morgan fingerprint density at radius 1 is 1.19 bits per heavy atom. The number of benzene rings is 1. The van der Waals surface area contributed by atoms with Crippen molar-refractivity contribution in [2.24, 2.45) is 17.8 Å². The van der Waals surface area contributed by atoms with E-state index in [-0.39, 0.29) is 35.2 Å². The van der Waals surface area contributed by atoms with Gasteiger partial charge in [0.1, 0.15) is 11.4 Å². The fourth-order valence-corrected chi connectivity index (χ4v) is 4.27. The van der Waals surface area contributed by atoms with Crippen LogP contribution < -0.4 is 10.6 Å². The Labute approximate surface area is 153 Å². The van der Waals surface area contributed by atoms with Crippen molar-refractivity contribution in [3.63, 3.8) is 0 Å². The molecule has 3 aliphatic carbocycles. The molecule has 3 aliphatic rings. The monoisotopic (exact) mass is 362 g/mol. The first-order valence-electron chi connectivity index (χ1n) is 9.14. The zero-order valence-corrected chi connectivity index (χ0v) is 15.8. The third-order valence-corrected chi connectivity index (χ3v) is 5.47. The minimum atomic E-state index is -0.524. The predicted octanol–water partition coefficient (Wildman–Crippen LogP) is 4.09. The van der Waals surface area contributed by atoms with Crippen molar-refractivity contribution >= 4 is 17.7 Å². The van der Waals surface area contributed by atoms with Crippen LogP contribution in [0.1, 0.15) is 47.0 Å². The lowest BCUT2D eigenvalue weighted by molar-refractivity contribution is -0.121.